The Bertz CT molecular complexity index is 147. The van der Waals surface area contributed by atoms with Crippen molar-refractivity contribution in [2.45, 2.75) is 44.9 Å². The molecule has 0 spiro atoms. The Morgan fingerprint density at radius 3 is 2.31 bits per heavy atom. The van der Waals surface area contributed by atoms with Gasteiger partial charge in [-0.3, -0.25) is 0 Å². The molecule has 0 unspecified atom stereocenters. The predicted octanol–water partition coefficient (Wildman–Crippen LogP) is 3.06. The molecule has 0 saturated carbocycles. The molecule has 0 bridgehead atoms. The Balaban J connectivity index is 1.71. The number of unbranched alkanes of at least 4 members (excludes halogenated alkanes) is 3. The van der Waals surface area contributed by atoms with Crippen molar-refractivity contribution in [1.29, 1.82) is 0 Å². The molecule has 1 N–H and O–H groups in total. The molecule has 1 rings (SSSR count). The minimum Gasteiger partial charge on any atom is -0.317 e. The molecule has 3 heteroatoms. The minimum absolute atomic E-state index is 1.21. The van der Waals surface area contributed by atoms with Gasteiger partial charge in [-0.1, -0.05) is 35.4 Å². The van der Waals surface area contributed by atoms with Crippen LogP contribution in [0.15, 0.2) is 0 Å². The number of likely N-dealkylation sites (tertiary alicyclic amines) is 1. The van der Waals surface area contributed by atoms with Gasteiger partial charge in [0.15, 0.2) is 0 Å². The number of rotatable bonds is 10. The average Bonchev–Trinajstić information content (AvgIpc) is 2.80. The number of alkyl halides is 1. The summed E-state index contributed by atoms with van der Waals surface area (Å²) in [7, 11) is 0. The van der Waals surface area contributed by atoms with Crippen LogP contribution in [-0.2, 0) is 0 Å². The first kappa shape index (κ1) is 14.7. The second kappa shape index (κ2) is 10.8. The van der Waals surface area contributed by atoms with Gasteiger partial charge in [0.2, 0.25) is 0 Å². The first-order valence-corrected chi connectivity index (χ1v) is 8.45. The molecule has 0 radical (unpaired) electrons. The molecule has 16 heavy (non-hydrogen) atoms. The zero-order chi connectivity index (χ0) is 11.5. The molecule has 96 valence electrons. The fraction of sp³-hybridized carbons (Fsp3) is 1.00. The maximum atomic E-state index is 3.56. The maximum Gasteiger partial charge on any atom is -0.000473 e. The smallest absolute Gasteiger partial charge is 0.000473 e. The first-order valence-electron chi connectivity index (χ1n) is 6.92. The summed E-state index contributed by atoms with van der Waals surface area (Å²) in [5.41, 5.74) is 0. The molecule has 0 aromatic carbocycles. The van der Waals surface area contributed by atoms with Crippen LogP contribution >= 0.6 is 22.6 Å². The van der Waals surface area contributed by atoms with E-state index in [4.69, 9.17) is 0 Å². The van der Waals surface area contributed by atoms with Gasteiger partial charge in [0.1, 0.15) is 0 Å². The van der Waals surface area contributed by atoms with Crippen LogP contribution in [0.3, 0.4) is 0 Å². The third-order valence-corrected chi connectivity index (χ3v) is 4.03. The number of nitrogens with zero attached hydrogens (tertiary/aromatic N) is 1. The maximum absolute atomic E-state index is 3.56. The molecule has 0 aliphatic carbocycles. The van der Waals surface area contributed by atoms with E-state index in [0.717, 1.165) is 0 Å². The van der Waals surface area contributed by atoms with Crippen molar-refractivity contribution in [3.63, 3.8) is 0 Å². The highest BCUT2D eigenvalue weighted by atomic mass is 127. The zero-order valence-corrected chi connectivity index (χ0v) is 12.7. The first-order chi connectivity index (χ1) is 7.93. The lowest BCUT2D eigenvalue weighted by molar-refractivity contribution is 0.331. The highest BCUT2D eigenvalue weighted by Crippen LogP contribution is 2.06. The van der Waals surface area contributed by atoms with Crippen molar-refractivity contribution in [3.05, 3.63) is 0 Å². The Hall–Kier alpha value is 0.650. The fourth-order valence-electron chi connectivity index (χ4n) is 2.26. The molecule has 0 aromatic heterocycles. The highest BCUT2D eigenvalue weighted by molar-refractivity contribution is 14.1. The van der Waals surface area contributed by atoms with Gasteiger partial charge in [-0.25, -0.2) is 0 Å². The van der Waals surface area contributed by atoms with Crippen molar-refractivity contribution >= 4 is 22.6 Å². The van der Waals surface area contributed by atoms with E-state index in [1.807, 2.05) is 0 Å². The van der Waals surface area contributed by atoms with E-state index >= 15 is 0 Å². The summed E-state index contributed by atoms with van der Waals surface area (Å²) < 4.78 is 1.32. The Morgan fingerprint density at radius 2 is 1.56 bits per heavy atom. The summed E-state index contributed by atoms with van der Waals surface area (Å²) in [5.74, 6) is 0. The van der Waals surface area contributed by atoms with Crippen molar-refractivity contribution in [2.24, 2.45) is 0 Å². The van der Waals surface area contributed by atoms with Gasteiger partial charge in [0.05, 0.1) is 0 Å². The second-order valence-electron chi connectivity index (χ2n) is 4.76. The van der Waals surface area contributed by atoms with Gasteiger partial charge in [0.25, 0.3) is 0 Å². The van der Waals surface area contributed by atoms with Crippen LogP contribution in [0, 0.1) is 0 Å². The molecule has 1 saturated heterocycles. The van der Waals surface area contributed by atoms with Crippen molar-refractivity contribution in [1.82, 2.24) is 10.2 Å². The Kier molecular flexibility index (Phi) is 9.91. The molecule has 1 aliphatic heterocycles. The normalized spacial score (nSPS) is 17.1. The molecule has 1 heterocycles. The third-order valence-electron chi connectivity index (χ3n) is 3.26. The van der Waals surface area contributed by atoms with Crippen LogP contribution in [0.25, 0.3) is 0 Å². The monoisotopic (exact) mass is 338 g/mol. The van der Waals surface area contributed by atoms with Gasteiger partial charge in [-0.15, -0.1) is 0 Å². The standard InChI is InChI=1S/C13H27IN2/c14-8-3-1-2-4-9-15-10-7-13-16-11-5-6-12-16/h15H,1-13H2. The molecule has 2 nitrogen and oxygen atoms in total. The highest BCUT2D eigenvalue weighted by Gasteiger charge is 2.09. The van der Waals surface area contributed by atoms with Crippen molar-refractivity contribution in [3.8, 4) is 0 Å². The van der Waals surface area contributed by atoms with Gasteiger partial charge in [-0.05, 0) is 69.3 Å². The van der Waals surface area contributed by atoms with E-state index in [-0.39, 0.29) is 0 Å². The van der Waals surface area contributed by atoms with Crippen LogP contribution < -0.4 is 5.32 Å². The third kappa shape index (κ3) is 7.85. The minimum atomic E-state index is 1.21. The predicted molar refractivity (Wildman–Crippen MR) is 80.5 cm³/mol. The number of nitrogens with one attached hydrogen (secondary N) is 1. The van der Waals surface area contributed by atoms with Crippen LogP contribution in [0.5, 0.6) is 0 Å². The van der Waals surface area contributed by atoms with Crippen LogP contribution in [0.4, 0.5) is 0 Å². The summed E-state index contributed by atoms with van der Waals surface area (Å²) in [6.45, 7) is 6.43. The topological polar surface area (TPSA) is 15.3 Å². The molecule has 1 fully saturated rings. The van der Waals surface area contributed by atoms with Crippen molar-refractivity contribution < 1.29 is 0 Å². The summed E-state index contributed by atoms with van der Waals surface area (Å²) in [6, 6.07) is 0. The van der Waals surface area contributed by atoms with Crippen LogP contribution in [0.2, 0.25) is 0 Å². The molecular weight excluding hydrogens is 311 g/mol. The zero-order valence-electron chi connectivity index (χ0n) is 10.5. The number of hydrogen-bond donors (Lipinski definition) is 1. The number of halogens is 1. The van der Waals surface area contributed by atoms with Gasteiger partial charge < -0.3 is 10.2 Å². The average molecular weight is 338 g/mol. The summed E-state index contributed by atoms with van der Waals surface area (Å²) >= 11 is 2.46. The lowest BCUT2D eigenvalue weighted by Gasteiger charge is -2.14. The van der Waals surface area contributed by atoms with E-state index < -0.39 is 0 Å². The quantitative estimate of drug-likeness (QED) is 0.374. The van der Waals surface area contributed by atoms with E-state index in [2.05, 4.69) is 32.8 Å². The van der Waals surface area contributed by atoms with Gasteiger partial charge >= 0.3 is 0 Å². The Labute approximate surface area is 115 Å². The summed E-state index contributed by atoms with van der Waals surface area (Å²) in [6.07, 6.45) is 9.75. The van der Waals surface area contributed by atoms with Crippen LogP contribution in [-0.4, -0.2) is 42.1 Å². The largest absolute Gasteiger partial charge is 0.317 e. The lowest BCUT2D eigenvalue weighted by Crippen LogP contribution is -2.25. The second-order valence-corrected chi connectivity index (χ2v) is 5.83. The van der Waals surface area contributed by atoms with Crippen LogP contribution in [0.1, 0.15) is 44.9 Å². The Morgan fingerprint density at radius 1 is 0.875 bits per heavy atom. The SMILES string of the molecule is ICCCCCCNCCCN1CCCC1. The van der Waals surface area contributed by atoms with E-state index in [1.165, 1.54) is 82.1 Å². The van der Waals surface area contributed by atoms with E-state index in [1.54, 1.807) is 0 Å². The fourth-order valence-corrected chi connectivity index (χ4v) is 2.80. The summed E-state index contributed by atoms with van der Waals surface area (Å²) in [4.78, 5) is 2.60. The molecule has 0 aromatic rings. The molecule has 1 aliphatic rings. The summed E-state index contributed by atoms with van der Waals surface area (Å²) in [5, 5.41) is 3.56. The molecule has 0 amide bonds. The van der Waals surface area contributed by atoms with Crippen molar-refractivity contribution in [2.75, 3.05) is 37.2 Å². The van der Waals surface area contributed by atoms with E-state index in [0.29, 0.717) is 0 Å². The number of hydrogen-bond acceptors (Lipinski definition) is 2. The molecule has 0 atom stereocenters. The van der Waals surface area contributed by atoms with Gasteiger partial charge in [0, 0.05) is 0 Å². The van der Waals surface area contributed by atoms with Gasteiger partial charge in [-0.2, -0.15) is 0 Å². The molecular formula is C13H27IN2. The van der Waals surface area contributed by atoms with E-state index in [9.17, 15) is 0 Å². The lowest BCUT2D eigenvalue weighted by atomic mass is 10.2.